The standard InChI is InChI=1S/C16H30N2O/c17-18-15(16-13-5-3-6-14(13)16)7-2-1-4-12-8-10-19-11-9-12/h12-16,18H,1-11,17H2. The highest BCUT2D eigenvalue weighted by Gasteiger charge is 2.55. The van der Waals surface area contributed by atoms with Crippen molar-refractivity contribution in [2.75, 3.05) is 13.2 Å². The van der Waals surface area contributed by atoms with Crippen molar-refractivity contribution in [3.8, 4) is 0 Å². The Morgan fingerprint density at radius 3 is 2.47 bits per heavy atom. The average Bonchev–Trinajstić information content (AvgIpc) is 2.93. The van der Waals surface area contributed by atoms with E-state index in [1.54, 1.807) is 0 Å². The van der Waals surface area contributed by atoms with Gasteiger partial charge < -0.3 is 4.74 Å². The first kappa shape index (κ1) is 13.8. The quantitative estimate of drug-likeness (QED) is 0.423. The van der Waals surface area contributed by atoms with E-state index in [1.165, 1.54) is 57.8 Å². The summed E-state index contributed by atoms with van der Waals surface area (Å²) in [5.41, 5.74) is 3.11. The topological polar surface area (TPSA) is 47.3 Å². The molecule has 3 fully saturated rings. The molecule has 3 atom stereocenters. The van der Waals surface area contributed by atoms with Crippen molar-refractivity contribution in [3.63, 3.8) is 0 Å². The molecule has 2 saturated carbocycles. The van der Waals surface area contributed by atoms with Gasteiger partial charge in [0, 0.05) is 19.3 Å². The maximum atomic E-state index is 5.78. The van der Waals surface area contributed by atoms with Gasteiger partial charge in [0.1, 0.15) is 0 Å². The summed E-state index contributed by atoms with van der Waals surface area (Å²) in [5.74, 6) is 9.67. The van der Waals surface area contributed by atoms with Crippen LogP contribution in [0.4, 0.5) is 0 Å². The summed E-state index contributed by atoms with van der Waals surface area (Å²) in [6.45, 7) is 1.98. The Morgan fingerprint density at radius 2 is 1.79 bits per heavy atom. The number of fused-ring (bicyclic) bond motifs is 1. The van der Waals surface area contributed by atoms with E-state index >= 15 is 0 Å². The molecule has 1 saturated heterocycles. The highest BCUT2D eigenvalue weighted by atomic mass is 16.5. The smallest absolute Gasteiger partial charge is 0.0468 e. The molecule has 1 heterocycles. The number of hydrogen-bond acceptors (Lipinski definition) is 3. The van der Waals surface area contributed by atoms with Gasteiger partial charge in [-0.1, -0.05) is 25.7 Å². The predicted molar refractivity (Wildman–Crippen MR) is 77.4 cm³/mol. The zero-order valence-corrected chi connectivity index (χ0v) is 12.2. The molecule has 3 heteroatoms. The molecule has 3 N–H and O–H groups in total. The van der Waals surface area contributed by atoms with E-state index in [9.17, 15) is 0 Å². The Labute approximate surface area is 117 Å². The van der Waals surface area contributed by atoms with E-state index < -0.39 is 0 Å². The molecule has 19 heavy (non-hydrogen) atoms. The molecule has 110 valence electrons. The average molecular weight is 266 g/mol. The first-order valence-corrected chi connectivity index (χ1v) is 8.44. The van der Waals surface area contributed by atoms with Crippen LogP contribution >= 0.6 is 0 Å². The predicted octanol–water partition coefficient (Wildman–Crippen LogP) is 2.85. The van der Waals surface area contributed by atoms with Gasteiger partial charge in [-0.15, -0.1) is 0 Å². The molecule has 3 nitrogen and oxygen atoms in total. The van der Waals surface area contributed by atoms with Crippen LogP contribution in [-0.2, 0) is 4.74 Å². The molecule has 3 rings (SSSR count). The fourth-order valence-corrected chi connectivity index (χ4v) is 4.69. The first-order chi connectivity index (χ1) is 9.40. The molecule has 0 radical (unpaired) electrons. The van der Waals surface area contributed by atoms with Gasteiger partial charge >= 0.3 is 0 Å². The molecule has 0 bridgehead atoms. The number of hydrazine groups is 1. The zero-order valence-electron chi connectivity index (χ0n) is 12.2. The van der Waals surface area contributed by atoms with Gasteiger partial charge in [-0.25, -0.2) is 0 Å². The van der Waals surface area contributed by atoms with Crippen LogP contribution in [0.2, 0.25) is 0 Å². The molecule has 2 aliphatic carbocycles. The van der Waals surface area contributed by atoms with Crippen LogP contribution in [0.15, 0.2) is 0 Å². The second kappa shape index (κ2) is 6.55. The summed E-state index contributed by atoms with van der Waals surface area (Å²) >= 11 is 0. The van der Waals surface area contributed by atoms with Gasteiger partial charge in [0.2, 0.25) is 0 Å². The summed E-state index contributed by atoms with van der Waals surface area (Å²) in [6, 6.07) is 0.602. The van der Waals surface area contributed by atoms with Crippen molar-refractivity contribution in [2.24, 2.45) is 29.5 Å². The lowest BCUT2D eigenvalue weighted by Gasteiger charge is -2.22. The Balaban J connectivity index is 1.30. The van der Waals surface area contributed by atoms with Crippen LogP contribution in [0.5, 0.6) is 0 Å². The van der Waals surface area contributed by atoms with Crippen molar-refractivity contribution in [2.45, 2.75) is 63.8 Å². The van der Waals surface area contributed by atoms with Crippen molar-refractivity contribution in [3.05, 3.63) is 0 Å². The van der Waals surface area contributed by atoms with Crippen molar-refractivity contribution >= 4 is 0 Å². The van der Waals surface area contributed by atoms with Gasteiger partial charge in [-0.3, -0.25) is 11.3 Å². The minimum atomic E-state index is 0.602. The number of rotatable bonds is 7. The molecule has 0 aromatic carbocycles. The molecule has 0 aromatic rings. The van der Waals surface area contributed by atoms with Crippen LogP contribution in [0.3, 0.4) is 0 Å². The third-order valence-corrected chi connectivity index (χ3v) is 5.87. The largest absolute Gasteiger partial charge is 0.381 e. The van der Waals surface area contributed by atoms with Gasteiger partial charge in [0.05, 0.1) is 0 Å². The molecular weight excluding hydrogens is 236 g/mol. The maximum Gasteiger partial charge on any atom is 0.0468 e. The summed E-state index contributed by atoms with van der Waals surface area (Å²) in [5, 5.41) is 0. The van der Waals surface area contributed by atoms with Crippen LogP contribution < -0.4 is 11.3 Å². The highest BCUT2D eigenvalue weighted by Crippen LogP contribution is 2.59. The van der Waals surface area contributed by atoms with Crippen molar-refractivity contribution in [1.82, 2.24) is 5.43 Å². The Bertz CT molecular complexity index is 268. The number of unbranched alkanes of at least 4 members (excludes halogenated alkanes) is 1. The highest BCUT2D eigenvalue weighted by molar-refractivity contribution is 5.05. The van der Waals surface area contributed by atoms with Crippen LogP contribution in [0.25, 0.3) is 0 Å². The Morgan fingerprint density at radius 1 is 1.05 bits per heavy atom. The number of ether oxygens (including phenoxy) is 1. The monoisotopic (exact) mass is 266 g/mol. The molecule has 0 amide bonds. The first-order valence-electron chi connectivity index (χ1n) is 8.44. The molecule has 3 unspecified atom stereocenters. The second-order valence-corrected chi connectivity index (χ2v) is 6.95. The lowest BCUT2D eigenvalue weighted by Crippen LogP contribution is -2.38. The van der Waals surface area contributed by atoms with E-state index in [-0.39, 0.29) is 0 Å². The van der Waals surface area contributed by atoms with Crippen molar-refractivity contribution in [1.29, 1.82) is 0 Å². The molecule has 0 spiro atoms. The zero-order chi connectivity index (χ0) is 13.1. The van der Waals surface area contributed by atoms with Crippen LogP contribution in [-0.4, -0.2) is 19.3 Å². The number of nitrogens with one attached hydrogen (secondary N) is 1. The summed E-state index contributed by atoms with van der Waals surface area (Å²) < 4.78 is 5.42. The van der Waals surface area contributed by atoms with Crippen molar-refractivity contribution < 1.29 is 4.74 Å². The fourth-order valence-electron chi connectivity index (χ4n) is 4.69. The molecule has 0 aromatic heterocycles. The van der Waals surface area contributed by atoms with Gasteiger partial charge in [0.15, 0.2) is 0 Å². The molecule has 3 aliphatic rings. The minimum Gasteiger partial charge on any atom is -0.381 e. The fraction of sp³-hybridized carbons (Fsp3) is 1.00. The van der Waals surface area contributed by atoms with E-state index in [4.69, 9.17) is 10.6 Å². The normalized spacial score (nSPS) is 36.2. The third-order valence-electron chi connectivity index (χ3n) is 5.87. The Hall–Kier alpha value is -0.120. The van der Waals surface area contributed by atoms with E-state index in [1.807, 2.05) is 0 Å². The van der Waals surface area contributed by atoms with E-state index in [2.05, 4.69) is 5.43 Å². The Kier molecular flexibility index (Phi) is 4.78. The number of hydrogen-bond donors (Lipinski definition) is 2. The van der Waals surface area contributed by atoms with E-state index in [0.29, 0.717) is 6.04 Å². The number of nitrogens with two attached hydrogens (primary N) is 1. The van der Waals surface area contributed by atoms with Crippen LogP contribution in [0, 0.1) is 23.7 Å². The summed E-state index contributed by atoms with van der Waals surface area (Å²) in [6.07, 6.45) is 12.4. The summed E-state index contributed by atoms with van der Waals surface area (Å²) in [4.78, 5) is 0. The molecular formula is C16H30N2O. The van der Waals surface area contributed by atoms with E-state index in [0.717, 1.165) is 36.9 Å². The maximum absolute atomic E-state index is 5.78. The minimum absolute atomic E-state index is 0.602. The van der Waals surface area contributed by atoms with Gasteiger partial charge in [-0.2, -0.15) is 0 Å². The SMILES string of the molecule is NNC(CCCCC1CCOCC1)C1C2CCCC21. The third kappa shape index (κ3) is 3.32. The second-order valence-electron chi connectivity index (χ2n) is 6.95. The van der Waals surface area contributed by atoms with Gasteiger partial charge in [0.25, 0.3) is 0 Å². The van der Waals surface area contributed by atoms with Crippen LogP contribution in [0.1, 0.15) is 57.8 Å². The van der Waals surface area contributed by atoms with Gasteiger partial charge in [-0.05, 0) is 55.8 Å². The lowest BCUT2D eigenvalue weighted by molar-refractivity contribution is 0.0630. The molecule has 1 aliphatic heterocycles. The summed E-state index contributed by atoms with van der Waals surface area (Å²) in [7, 11) is 0. The lowest BCUT2D eigenvalue weighted by atomic mass is 9.92.